The molecule has 0 fully saturated rings. The Hall–Kier alpha value is -2.57. The molecule has 0 radical (unpaired) electrons. The molecule has 0 spiro atoms. The number of ether oxygens (including phenoxy) is 3. The van der Waals surface area contributed by atoms with Crippen LogP contribution in [0.4, 0.5) is 13.2 Å². The zero-order chi connectivity index (χ0) is 27.1. The molecule has 200 valence electrons. The summed E-state index contributed by atoms with van der Waals surface area (Å²) in [6.07, 6.45) is -3.24. The highest BCUT2D eigenvalue weighted by atomic mass is 35.5. The van der Waals surface area contributed by atoms with Gasteiger partial charge in [0.2, 0.25) is 15.9 Å². The van der Waals surface area contributed by atoms with Gasteiger partial charge in [0.1, 0.15) is 28.0 Å². The van der Waals surface area contributed by atoms with E-state index in [0.29, 0.717) is 37.0 Å². The van der Waals surface area contributed by atoms with Crippen molar-refractivity contribution in [3.05, 3.63) is 75.9 Å². The summed E-state index contributed by atoms with van der Waals surface area (Å²) < 4.78 is 82.7. The zero-order valence-electron chi connectivity index (χ0n) is 19.5. The Balaban J connectivity index is 1.75. The number of pyridine rings is 1. The van der Waals surface area contributed by atoms with Crippen molar-refractivity contribution in [2.45, 2.75) is 23.9 Å². The number of aromatic nitrogens is 1. The van der Waals surface area contributed by atoms with E-state index in [-0.39, 0.29) is 39.7 Å². The molecule has 1 N–H and O–H groups in total. The Morgan fingerprint density at radius 3 is 2.46 bits per heavy atom. The van der Waals surface area contributed by atoms with Crippen molar-refractivity contribution in [3.8, 4) is 17.4 Å². The molecule has 0 unspecified atom stereocenters. The highest BCUT2D eigenvalue weighted by molar-refractivity contribution is 7.89. The number of halogens is 5. The largest absolute Gasteiger partial charge is 0.491 e. The van der Waals surface area contributed by atoms with E-state index in [1.807, 2.05) is 0 Å². The predicted octanol–water partition coefficient (Wildman–Crippen LogP) is 6.14. The van der Waals surface area contributed by atoms with E-state index in [4.69, 9.17) is 37.4 Å². The number of rotatable bonds is 12. The normalized spacial score (nSPS) is 11.9. The van der Waals surface area contributed by atoms with Crippen LogP contribution in [0.5, 0.6) is 17.4 Å². The molecule has 2 aromatic carbocycles. The predicted molar refractivity (Wildman–Crippen MR) is 133 cm³/mol. The van der Waals surface area contributed by atoms with Gasteiger partial charge >= 0.3 is 6.18 Å². The first-order chi connectivity index (χ1) is 17.5. The lowest BCUT2D eigenvalue weighted by Gasteiger charge is -2.15. The van der Waals surface area contributed by atoms with Crippen LogP contribution >= 0.6 is 23.2 Å². The third-order valence-electron chi connectivity index (χ3n) is 4.98. The van der Waals surface area contributed by atoms with Gasteiger partial charge in [0.15, 0.2) is 0 Å². The minimum atomic E-state index is -4.60. The van der Waals surface area contributed by atoms with Crippen molar-refractivity contribution >= 4 is 33.2 Å². The number of sulfonamides is 1. The minimum Gasteiger partial charge on any atom is -0.491 e. The van der Waals surface area contributed by atoms with Crippen molar-refractivity contribution in [2.75, 3.05) is 26.9 Å². The van der Waals surface area contributed by atoms with Crippen LogP contribution in [0, 0.1) is 0 Å². The van der Waals surface area contributed by atoms with E-state index >= 15 is 0 Å². The summed E-state index contributed by atoms with van der Waals surface area (Å²) in [7, 11) is -2.28. The maximum absolute atomic E-state index is 13.0. The second-order valence-corrected chi connectivity index (χ2v) is 10.2. The summed E-state index contributed by atoms with van der Waals surface area (Å²) in [5, 5.41) is -0.213. The van der Waals surface area contributed by atoms with E-state index in [0.717, 1.165) is 6.07 Å². The van der Waals surface area contributed by atoms with E-state index in [1.54, 1.807) is 30.3 Å². The highest BCUT2D eigenvalue weighted by Gasteiger charge is 2.32. The van der Waals surface area contributed by atoms with Gasteiger partial charge in [-0.25, -0.2) is 18.1 Å². The van der Waals surface area contributed by atoms with Crippen molar-refractivity contribution in [3.63, 3.8) is 0 Å². The maximum atomic E-state index is 13.0. The molecule has 1 aromatic heterocycles. The maximum Gasteiger partial charge on any atom is 0.417 e. The second-order valence-electron chi connectivity index (χ2n) is 7.65. The van der Waals surface area contributed by atoms with Crippen LogP contribution in [-0.2, 0) is 27.4 Å². The van der Waals surface area contributed by atoms with Gasteiger partial charge in [-0.05, 0) is 42.7 Å². The summed E-state index contributed by atoms with van der Waals surface area (Å²) in [6, 6.07) is 11.8. The molecule has 0 saturated carbocycles. The summed E-state index contributed by atoms with van der Waals surface area (Å²) >= 11 is 12.0. The smallest absolute Gasteiger partial charge is 0.417 e. The topological polar surface area (TPSA) is 86.8 Å². The van der Waals surface area contributed by atoms with Gasteiger partial charge in [-0.2, -0.15) is 13.2 Å². The first-order valence-corrected chi connectivity index (χ1v) is 13.1. The number of methoxy groups -OCH3 is 1. The Kier molecular flexibility index (Phi) is 10.0. The summed E-state index contributed by atoms with van der Waals surface area (Å²) in [6.45, 7) is 0.701. The Morgan fingerprint density at radius 2 is 1.78 bits per heavy atom. The molecule has 0 bridgehead atoms. The first-order valence-electron chi connectivity index (χ1n) is 10.9. The average molecular weight is 579 g/mol. The van der Waals surface area contributed by atoms with Crippen LogP contribution in [-0.4, -0.2) is 40.3 Å². The number of hydrogen-bond donors (Lipinski definition) is 1. The molecule has 7 nitrogen and oxygen atoms in total. The van der Waals surface area contributed by atoms with Crippen molar-refractivity contribution < 1.29 is 35.8 Å². The van der Waals surface area contributed by atoms with E-state index in [9.17, 15) is 21.6 Å². The van der Waals surface area contributed by atoms with E-state index < -0.39 is 21.8 Å². The number of nitrogens with one attached hydrogen (secondary N) is 1. The number of benzene rings is 2. The van der Waals surface area contributed by atoms with E-state index in [2.05, 4.69) is 9.71 Å². The molecular formula is C24H23Cl2F3N2O5S. The van der Waals surface area contributed by atoms with Gasteiger partial charge in [-0.1, -0.05) is 41.4 Å². The third kappa shape index (κ3) is 8.21. The van der Waals surface area contributed by atoms with Crippen LogP contribution in [0.3, 0.4) is 0 Å². The van der Waals surface area contributed by atoms with Crippen LogP contribution < -0.4 is 14.2 Å². The molecule has 13 heteroatoms. The van der Waals surface area contributed by atoms with Gasteiger partial charge in [0, 0.05) is 25.9 Å². The average Bonchev–Trinajstić information content (AvgIpc) is 2.84. The molecule has 0 amide bonds. The highest BCUT2D eigenvalue weighted by Crippen LogP contribution is 2.36. The second kappa shape index (κ2) is 12.8. The van der Waals surface area contributed by atoms with E-state index in [1.165, 1.54) is 19.2 Å². The summed E-state index contributed by atoms with van der Waals surface area (Å²) in [5.74, 6) is 0.459. The standard InChI is InChI=1S/C24H23Cl2F3N2O5S/c1-34-11-12-35-18-9-8-16(5-4-10-31-37(32,33)22-7-3-2-6-19(22)25)21(14-18)36-23-20(26)13-17(15-30-23)24(27,28)29/h2-3,6-9,13-15,31H,4-5,10-12H2,1H3. The van der Waals surface area contributed by atoms with Crippen LogP contribution in [0.2, 0.25) is 10.0 Å². The van der Waals surface area contributed by atoms with Gasteiger partial charge in [0.25, 0.3) is 0 Å². The van der Waals surface area contributed by atoms with Gasteiger partial charge in [0.05, 0.1) is 17.2 Å². The third-order valence-corrected chi connectivity index (χ3v) is 7.21. The van der Waals surface area contributed by atoms with Crippen LogP contribution in [0.15, 0.2) is 59.6 Å². The quantitative estimate of drug-likeness (QED) is 0.260. The molecule has 3 rings (SSSR count). The lowest BCUT2D eigenvalue weighted by Crippen LogP contribution is -2.25. The van der Waals surface area contributed by atoms with Crippen LogP contribution in [0.25, 0.3) is 0 Å². The van der Waals surface area contributed by atoms with Crippen molar-refractivity contribution in [2.24, 2.45) is 0 Å². The minimum absolute atomic E-state index is 0.0266. The number of nitrogens with zero attached hydrogens (tertiary/aromatic N) is 1. The fraction of sp³-hybridized carbons (Fsp3) is 0.292. The first kappa shape index (κ1) is 29.0. The lowest BCUT2D eigenvalue weighted by atomic mass is 10.1. The SMILES string of the molecule is COCCOc1ccc(CCCNS(=O)(=O)c2ccccc2Cl)c(Oc2ncc(C(F)(F)F)cc2Cl)c1. The number of alkyl halides is 3. The lowest BCUT2D eigenvalue weighted by molar-refractivity contribution is -0.137. The molecule has 0 aliphatic rings. The Labute approximate surface area is 222 Å². The zero-order valence-corrected chi connectivity index (χ0v) is 21.8. The van der Waals surface area contributed by atoms with Gasteiger partial charge in [-0.15, -0.1) is 0 Å². The fourth-order valence-corrected chi connectivity index (χ4v) is 4.95. The molecule has 1 heterocycles. The monoisotopic (exact) mass is 578 g/mol. The molecule has 0 aliphatic carbocycles. The van der Waals surface area contributed by atoms with Crippen molar-refractivity contribution in [1.29, 1.82) is 0 Å². The molecule has 0 atom stereocenters. The molecule has 37 heavy (non-hydrogen) atoms. The molecule has 0 saturated heterocycles. The molecule has 3 aromatic rings. The summed E-state index contributed by atoms with van der Waals surface area (Å²) in [5.41, 5.74) is -0.374. The fourth-order valence-electron chi connectivity index (χ4n) is 3.15. The molecular weight excluding hydrogens is 556 g/mol. The number of hydrogen-bond acceptors (Lipinski definition) is 6. The molecule has 0 aliphatic heterocycles. The van der Waals surface area contributed by atoms with Gasteiger partial charge in [-0.3, -0.25) is 0 Å². The van der Waals surface area contributed by atoms with Crippen LogP contribution in [0.1, 0.15) is 17.5 Å². The van der Waals surface area contributed by atoms with Crippen molar-refractivity contribution in [1.82, 2.24) is 9.71 Å². The Morgan fingerprint density at radius 1 is 1.03 bits per heavy atom. The summed E-state index contributed by atoms with van der Waals surface area (Å²) in [4.78, 5) is 3.69. The van der Waals surface area contributed by atoms with Gasteiger partial charge < -0.3 is 14.2 Å². The Bertz CT molecular complexity index is 1320. The number of aryl methyl sites for hydroxylation is 1.